The highest BCUT2D eigenvalue weighted by Gasteiger charge is 2.60. The monoisotopic (exact) mass is 428 g/mol. The van der Waals surface area contributed by atoms with Crippen molar-refractivity contribution >= 4 is 0 Å². The van der Waals surface area contributed by atoms with E-state index >= 15 is 0 Å². The first-order chi connectivity index (χ1) is 14.6. The summed E-state index contributed by atoms with van der Waals surface area (Å²) in [5.74, 6) is 4.44. The Morgan fingerprint density at radius 1 is 1.16 bits per heavy atom. The molecule has 2 nitrogen and oxygen atoms in total. The van der Waals surface area contributed by atoms with Crippen LogP contribution in [-0.4, -0.2) is 22.4 Å². The number of aliphatic hydroxyl groups is 2. The maximum Gasteiger partial charge on any atom is 0.0658 e. The maximum atomic E-state index is 11.1. The molecule has 0 aliphatic heterocycles. The molecule has 0 aromatic carbocycles. The standard InChI is InChI=1S/C29H48O2/c1-7-20(18(2)3)9-8-19(4)24-12-13-25-23-11-10-21-16-22(30)17-27(31)29(21,6)26(23)14-15-28(24,25)5/h10,19-20,22-27,30-31H,2,7-9,11-17H2,1,3-6H3/t19-,20?,22-,23+,24-,25+,26+,27?,28-,29+/m1/s1. The van der Waals surface area contributed by atoms with E-state index in [1.807, 2.05) is 0 Å². The average molecular weight is 429 g/mol. The van der Waals surface area contributed by atoms with E-state index in [4.69, 9.17) is 0 Å². The molecule has 3 fully saturated rings. The molecule has 0 aromatic rings. The number of aliphatic hydroxyl groups excluding tert-OH is 2. The Hall–Kier alpha value is -0.600. The molecule has 4 aliphatic rings. The van der Waals surface area contributed by atoms with Crippen LogP contribution in [-0.2, 0) is 0 Å². The molecule has 2 heteroatoms. The zero-order valence-corrected chi connectivity index (χ0v) is 20.9. The van der Waals surface area contributed by atoms with Crippen molar-refractivity contribution in [3.05, 3.63) is 23.8 Å². The fourth-order valence-corrected chi connectivity index (χ4v) is 9.14. The Morgan fingerprint density at radius 3 is 2.58 bits per heavy atom. The van der Waals surface area contributed by atoms with Gasteiger partial charge in [0.2, 0.25) is 0 Å². The van der Waals surface area contributed by atoms with Crippen LogP contribution in [0.25, 0.3) is 0 Å². The minimum absolute atomic E-state index is 0.108. The highest BCUT2D eigenvalue weighted by atomic mass is 16.3. The number of allylic oxidation sites excluding steroid dienone is 2. The van der Waals surface area contributed by atoms with Gasteiger partial charge in [0.25, 0.3) is 0 Å². The molecule has 31 heavy (non-hydrogen) atoms. The van der Waals surface area contributed by atoms with Crippen molar-refractivity contribution < 1.29 is 10.2 Å². The van der Waals surface area contributed by atoms with E-state index in [2.05, 4.69) is 47.3 Å². The lowest BCUT2D eigenvalue weighted by Crippen LogP contribution is -2.55. The van der Waals surface area contributed by atoms with Crippen molar-refractivity contribution in [2.24, 2.45) is 46.3 Å². The first-order valence-electron chi connectivity index (χ1n) is 13.3. The molecule has 0 saturated heterocycles. The third-order valence-electron chi connectivity index (χ3n) is 11.1. The summed E-state index contributed by atoms with van der Waals surface area (Å²) in [6.07, 6.45) is 13.4. The van der Waals surface area contributed by atoms with Crippen molar-refractivity contribution in [2.75, 3.05) is 0 Å². The second-order valence-electron chi connectivity index (χ2n) is 12.5. The van der Waals surface area contributed by atoms with Gasteiger partial charge >= 0.3 is 0 Å². The highest BCUT2D eigenvalue weighted by molar-refractivity contribution is 5.27. The van der Waals surface area contributed by atoms with Crippen molar-refractivity contribution in [3.63, 3.8) is 0 Å². The van der Waals surface area contributed by atoms with Crippen LogP contribution in [0, 0.1) is 46.3 Å². The lowest BCUT2D eigenvalue weighted by Gasteiger charge is -2.59. The van der Waals surface area contributed by atoms with Gasteiger partial charge in [0.1, 0.15) is 0 Å². The fraction of sp³-hybridized carbons (Fsp3) is 0.862. The molecule has 10 atom stereocenters. The summed E-state index contributed by atoms with van der Waals surface area (Å²) in [6, 6.07) is 0. The maximum absolute atomic E-state index is 11.1. The van der Waals surface area contributed by atoms with Crippen LogP contribution in [0.1, 0.15) is 98.8 Å². The Bertz CT molecular complexity index is 710. The summed E-state index contributed by atoms with van der Waals surface area (Å²) in [4.78, 5) is 0. The van der Waals surface area contributed by atoms with Gasteiger partial charge in [0, 0.05) is 11.8 Å². The summed E-state index contributed by atoms with van der Waals surface area (Å²) in [5, 5.41) is 21.4. The molecule has 0 heterocycles. The minimum Gasteiger partial charge on any atom is -0.393 e. The van der Waals surface area contributed by atoms with Gasteiger partial charge in [0.15, 0.2) is 0 Å². The van der Waals surface area contributed by atoms with Crippen LogP contribution >= 0.6 is 0 Å². The summed E-state index contributed by atoms with van der Waals surface area (Å²) in [6.45, 7) is 16.2. The van der Waals surface area contributed by atoms with E-state index in [0.29, 0.717) is 29.6 Å². The van der Waals surface area contributed by atoms with Gasteiger partial charge in [-0.3, -0.25) is 0 Å². The number of rotatable bonds is 6. The van der Waals surface area contributed by atoms with E-state index in [0.717, 1.165) is 24.2 Å². The van der Waals surface area contributed by atoms with Gasteiger partial charge in [-0.15, -0.1) is 0 Å². The first-order valence-corrected chi connectivity index (χ1v) is 13.3. The summed E-state index contributed by atoms with van der Waals surface area (Å²) < 4.78 is 0. The number of hydrogen-bond acceptors (Lipinski definition) is 2. The molecule has 2 unspecified atom stereocenters. The van der Waals surface area contributed by atoms with E-state index in [9.17, 15) is 10.2 Å². The van der Waals surface area contributed by atoms with Gasteiger partial charge < -0.3 is 10.2 Å². The van der Waals surface area contributed by atoms with Crippen LogP contribution in [0.15, 0.2) is 23.8 Å². The first kappa shape index (κ1) is 23.6. The zero-order valence-electron chi connectivity index (χ0n) is 20.9. The van der Waals surface area contributed by atoms with E-state index < -0.39 is 0 Å². The van der Waals surface area contributed by atoms with Crippen molar-refractivity contribution in [3.8, 4) is 0 Å². The van der Waals surface area contributed by atoms with Gasteiger partial charge in [-0.05, 0) is 106 Å². The van der Waals surface area contributed by atoms with Crippen LogP contribution < -0.4 is 0 Å². The average Bonchev–Trinajstić information content (AvgIpc) is 3.06. The molecular weight excluding hydrogens is 380 g/mol. The number of fused-ring (bicyclic) bond motifs is 5. The van der Waals surface area contributed by atoms with Gasteiger partial charge in [-0.2, -0.15) is 0 Å². The Kier molecular flexibility index (Phi) is 6.56. The van der Waals surface area contributed by atoms with Gasteiger partial charge in [-0.25, -0.2) is 0 Å². The molecule has 4 rings (SSSR count). The topological polar surface area (TPSA) is 40.5 Å². The Labute approximate surface area is 191 Å². The third kappa shape index (κ3) is 3.78. The van der Waals surface area contributed by atoms with Gasteiger partial charge in [-0.1, -0.05) is 51.5 Å². The van der Waals surface area contributed by atoms with E-state index in [1.54, 1.807) is 0 Å². The van der Waals surface area contributed by atoms with Crippen molar-refractivity contribution in [1.29, 1.82) is 0 Å². The molecule has 3 saturated carbocycles. The van der Waals surface area contributed by atoms with Crippen LogP contribution in [0.3, 0.4) is 0 Å². The summed E-state index contributed by atoms with van der Waals surface area (Å²) in [7, 11) is 0. The lowest BCUT2D eigenvalue weighted by molar-refractivity contribution is -0.108. The zero-order chi connectivity index (χ0) is 22.6. The second-order valence-corrected chi connectivity index (χ2v) is 12.5. The Balaban J connectivity index is 1.50. The van der Waals surface area contributed by atoms with Crippen molar-refractivity contribution in [1.82, 2.24) is 0 Å². The largest absolute Gasteiger partial charge is 0.393 e. The summed E-state index contributed by atoms with van der Waals surface area (Å²) in [5.41, 5.74) is 3.08. The van der Waals surface area contributed by atoms with Gasteiger partial charge in [0.05, 0.1) is 12.2 Å². The molecule has 2 N–H and O–H groups in total. The van der Waals surface area contributed by atoms with Crippen molar-refractivity contribution in [2.45, 2.75) is 111 Å². The van der Waals surface area contributed by atoms with Crippen LogP contribution in [0.2, 0.25) is 0 Å². The highest BCUT2D eigenvalue weighted by Crippen LogP contribution is 2.67. The third-order valence-corrected chi connectivity index (χ3v) is 11.1. The normalized spacial score (nSPS) is 46.4. The molecular formula is C29H48O2. The van der Waals surface area contributed by atoms with E-state index in [1.165, 1.54) is 62.5 Å². The quantitative estimate of drug-likeness (QED) is 0.451. The molecule has 0 bridgehead atoms. The molecule has 0 aromatic heterocycles. The SMILES string of the molecule is C=C(C)C(CC)CC[C@@H](C)[C@H]1CC[C@H]2[C@@H]3CC=C4C[C@@H](O)CC(O)[C@]4(C)[C@H]3CC[C@]12C. The summed E-state index contributed by atoms with van der Waals surface area (Å²) >= 11 is 0. The smallest absolute Gasteiger partial charge is 0.0658 e. The molecule has 4 aliphatic carbocycles. The molecule has 176 valence electrons. The predicted molar refractivity (Wildman–Crippen MR) is 130 cm³/mol. The Morgan fingerprint density at radius 2 is 1.90 bits per heavy atom. The van der Waals surface area contributed by atoms with Crippen LogP contribution in [0.5, 0.6) is 0 Å². The minimum atomic E-state index is -0.385. The molecule has 0 spiro atoms. The predicted octanol–water partition coefficient (Wildman–Crippen LogP) is 6.92. The molecule has 0 amide bonds. The second kappa shape index (κ2) is 8.64. The van der Waals surface area contributed by atoms with Crippen LogP contribution in [0.4, 0.5) is 0 Å². The molecule has 0 radical (unpaired) electrons. The fourth-order valence-electron chi connectivity index (χ4n) is 9.14. The lowest BCUT2D eigenvalue weighted by atomic mass is 9.46. The van der Waals surface area contributed by atoms with E-state index in [-0.39, 0.29) is 17.6 Å². The number of hydrogen-bond donors (Lipinski definition) is 2.